The zero-order chi connectivity index (χ0) is 7.44. The quantitative estimate of drug-likeness (QED) is 0.209. The van der Waals surface area contributed by atoms with Crippen molar-refractivity contribution in [2.75, 3.05) is 0 Å². The van der Waals surface area contributed by atoms with Gasteiger partial charge in [-0.1, -0.05) is 0 Å². The molecule has 0 aromatic carbocycles. The second-order valence-electron chi connectivity index (χ2n) is 1.29. The van der Waals surface area contributed by atoms with Crippen LogP contribution in [0.25, 0.3) is 0 Å². The third-order valence-corrected chi connectivity index (χ3v) is 0.464. The van der Waals surface area contributed by atoms with E-state index in [1.807, 2.05) is 0 Å². The Bertz CT molecular complexity index is 138. The molecular weight excluding hydrogens is 204 g/mol. The van der Waals surface area contributed by atoms with Crippen LogP contribution in [0.5, 0.6) is 0 Å². The fourth-order valence-corrected chi connectivity index (χ4v) is 0.188. The maximum Gasteiger partial charge on any atom is 0.331 e. The van der Waals surface area contributed by atoms with Gasteiger partial charge in [0.2, 0.25) is 5.96 Å². The molecule has 0 bridgehead atoms. The number of hydrogen-bond acceptors (Lipinski definition) is 4. The molecule has 0 saturated heterocycles. The monoisotopic (exact) mass is 212 g/mol. The highest BCUT2D eigenvalue weighted by atomic mass is 79.9. The number of carbonyl (C=O) groups is 1. The van der Waals surface area contributed by atoms with E-state index in [9.17, 15) is 4.79 Å². The Morgan fingerprint density at radius 3 is 2.20 bits per heavy atom. The van der Waals surface area contributed by atoms with Crippen molar-refractivity contribution < 1.29 is 9.63 Å². The molecule has 7 heteroatoms. The first kappa shape index (κ1) is 11.9. The molecule has 60 valence electrons. The molecule has 0 unspecified atom stereocenters. The zero-order valence-corrected chi connectivity index (χ0v) is 7.04. The maximum atomic E-state index is 10.1. The van der Waals surface area contributed by atoms with Crippen molar-refractivity contribution in [3.63, 3.8) is 0 Å². The average molecular weight is 213 g/mol. The van der Waals surface area contributed by atoms with Crippen molar-refractivity contribution in [3.8, 4) is 0 Å². The summed E-state index contributed by atoms with van der Waals surface area (Å²) in [5.41, 5.74) is 4.79. The van der Waals surface area contributed by atoms with E-state index in [1.165, 1.54) is 0 Å². The fraction of sp³-hybridized carbons (Fsp3) is 0.333. The first-order valence-corrected chi connectivity index (χ1v) is 2.11. The molecule has 0 aliphatic rings. The van der Waals surface area contributed by atoms with Gasteiger partial charge in [-0.25, -0.2) is 10.6 Å². The van der Waals surface area contributed by atoms with Gasteiger partial charge in [0.25, 0.3) is 0 Å². The lowest BCUT2D eigenvalue weighted by atomic mass is 10.8. The van der Waals surface area contributed by atoms with Crippen LogP contribution in [-0.2, 0) is 9.63 Å². The van der Waals surface area contributed by atoms with Crippen LogP contribution in [0.1, 0.15) is 6.92 Å². The third kappa shape index (κ3) is 5.32. The molecule has 0 aromatic heterocycles. The van der Waals surface area contributed by atoms with Crippen LogP contribution in [-0.4, -0.2) is 17.1 Å². The molecule has 6 nitrogen and oxygen atoms in total. The number of hydrogen-bond donors (Lipinski definition) is 3. The standard InChI is InChI=1S/C3H8N4O2.BrH/c1-2(8)9-7(6)3(4)5;/h6H2,1H3,(H3,4,5);1H. The Balaban J connectivity index is 0. The van der Waals surface area contributed by atoms with Crippen molar-refractivity contribution in [1.82, 2.24) is 5.17 Å². The van der Waals surface area contributed by atoms with Crippen LogP contribution in [0.15, 0.2) is 0 Å². The number of hydrazine groups is 1. The smallest absolute Gasteiger partial charge is 0.331 e. The molecule has 0 aliphatic carbocycles. The molecule has 0 rings (SSSR count). The van der Waals surface area contributed by atoms with E-state index < -0.39 is 11.9 Å². The predicted octanol–water partition coefficient (Wildman–Crippen LogP) is -0.888. The number of nitrogens with two attached hydrogens (primary N) is 2. The van der Waals surface area contributed by atoms with Gasteiger partial charge in [0.1, 0.15) is 0 Å². The largest absolute Gasteiger partial charge is 0.366 e. The molecule has 0 atom stereocenters. The Hall–Kier alpha value is -0.820. The topological polar surface area (TPSA) is 105 Å². The van der Waals surface area contributed by atoms with E-state index >= 15 is 0 Å². The van der Waals surface area contributed by atoms with Gasteiger partial charge in [0.05, 0.1) is 0 Å². The van der Waals surface area contributed by atoms with Crippen molar-refractivity contribution >= 4 is 28.9 Å². The number of rotatable bonds is 0. The SMILES string of the molecule is Br.CC(=O)ON(N)C(=N)N. The van der Waals surface area contributed by atoms with Gasteiger partial charge >= 0.3 is 5.97 Å². The van der Waals surface area contributed by atoms with Gasteiger partial charge in [-0.05, 0) is 0 Å². The van der Waals surface area contributed by atoms with Crippen molar-refractivity contribution in [2.45, 2.75) is 6.92 Å². The lowest BCUT2D eigenvalue weighted by molar-refractivity contribution is -0.171. The number of halogens is 1. The summed E-state index contributed by atoms with van der Waals surface area (Å²) >= 11 is 0. The molecule has 0 spiro atoms. The van der Waals surface area contributed by atoms with Gasteiger partial charge in [-0.2, -0.15) is 0 Å². The number of guanidine groups is 1. The summed E-state index contributed by atoms with van der Waals surface area (Å²) in [7, 11) is 0. The molecule has 0 fully saturated rings. The van der Waals surface area contributed by atoms with Crippen molar-refractivity contribution in [2.24, 2.45) is 11.6 Å². The van der Waals surface area contributed by atoms with E-state index in [2.05, 4.69) is 4.84 Å². The molecule has 0 heterocycles. The normalized spacial score (nSPS) is 7.40. The van der Waals surface area contributed by atoms with Gasteiger partial charge < -0.3 is 10.6 Å². The van der Waals surface area contributed by atoms with Crippen molar-refractivity contribution in [1.29, 1.82) is 5.41 Å². The molecule has 0 aliphatic heterocycles. The van der Waals surface area contributed by atoms with Gasteiger partial charge in [0, 0.05) is 6.92 Å². The molecule has 10 heavy (non-hydrogen) atoms. The molecule has 0 aromatic rings. The zero-order valence-electron chi connectivity index (χ0n) is 5.33. The molecular formula is C3H9BrN4O2. The summed E-state index contributed by atoms with van der Waals surface area (Å²) in [6.07, 6.45) is 0. The number of nitrogens with zero attached hydrogens (tertiary/aromatic N) is 1. The molecule has 0 amide bonds. The molecule has 0 radical (unpaired) electrons. The number of nitrogens with one attached hydrogen (secondary N) is 1. The Morgan fingerprint density at radius 1 is 1.70 bits per heavy atom. The van der Waals surface area contributed by atoms with Crippen LogP contribution in [0.4, 0.5) is 0 Å². The Labute approximate surface area is 68.3 Å². The van der Waals surface area contributed by atoms with Crippen LogP contribution in [0.2, 0.25) is 0 Å². The molecule has 5 N–H and O–H groups in total. The minimum absolute atomic E-state index is 0. The van der Waals surface area contributed by atoms with Crippen LogP contribution in [0.3, 0.4) is 0 Å². The highest BCUT2D eigenvalue weighted by molar-refractivity contribution is 8.93. The average Bonchev–Trinajstić information content (AvgIpc) is 1.63. The van der Waals surface area contributed by atoms with Crippen LogP contribution in [0, 0.1) is 5.41 Å². The Morgan fingerprint density at radius 2 is 2.10 bits per heavy atom. The summed E-state index contributed by atoms with van der Waals surface area (Å²) in [6.45, 7) is 1.16. The summed E-state index contributed by atoms with van der Waals surface area (Å²) < 4.78 is 0. The molecule has 0 saturated carbocycles. The fourth-order valence-electron chi connectivity index (χ4n) is 0.188. The highest BCUT2D eigenvalue weighted by Crippen LogP contribution is 1.77. The summed E-state index contributed by atoms with van der Waals surface area (Å²) in [5.74, 6) is 3.72. The van der Waals surface area contributed by atoms with E-state index in [-0.39, 0.29) is 17.0 Å². The highest BCUT2D eigenvalue weighted by Gasteiger charge is 2.02. The summed E-state index contributed by atoms with van der Waals surface area (Å²) in [5, 5.41) is 6.97. The number of carbonyl (C=O) groups excluding carboxylic acids is 1. The van der Waals surface area contributed by atoms with Crippen LogP contribution < -0.4 is 11.6 Å². The van der Waals surface area contributed by atoms with E-state index in [0.717, 1.165) is 6.92 Å². The third-order valence-electron chi connectivity index (χ3n) is 0.464. The van der Waals surface area contributed by atoms with Gasteiger partial charge in [-0.15, -0.1) is 22.2 Å². The lowest BCUT2D eigenvalue weighted by Gasteiger charge is -2.11. The minimum Gasteiger partial charge on any atom is -0.366 e. The minimum atomic E-state index is -0.618. The Kier molecular flexibility index (Phi) is 5.96. The van der Waals surface area contributed by atoms with Crippen molar-refractivity contribution in [3.05, 3.63) is 0 Å². The summed E-state index contributed by atoms with van der Waals surface area (Å²) in [6, 6.07) is 0. The van der Waals surface area contributed by atoms with E-state index in [0.29, 0.717) is 5.17 Å². The predicted molar refractivity (Wildman–Crippen MR) is 40.0 cm³/mol. The van der Waals surface area contributed by atoms with E-state index in [1.54, 1.807) is 0 Å². The van der Waals surface area contributed by atoms with Gasteiger partial charge in [-0.3, -0.25) is 5.41 Å². The second kappa shape index (κ2) is 5.00. The first-order chi connectivity index (χ1) is 4.04. The maximum absolute atomic E-state index is 10.1. The first-order valence-electron chi connectivity index (χ1n) is 2.11. The van der Waals surface area contributed by atoms with Crippen LogP contribution >= 0.6 is 17.0 Å². The summed E-state index contributed by atoms with van der Waals surface area (Å²) in [4.78, 5) is 14.2. The second-order valence-corrected chi connectivity index (χ2v) is 1.29. The lowest BCUT2D eigenvalue weighted by Crippen LogP contribution is -2.42. The number of hydroxylamine groups is 1. The van der Waals surface area contributed by atoms with Gasteiger partial charge in [0.15, 0.2) is 0 Å². The van der Waals surface area contributed by atoms with E-state index in [4.69, 9.17) is 17.0 Å².